The van der Waals surface area contributed by atoms with Crippen molar-refractivity contribution < 1.29 is 9.53 Å². The van der Waals surface area contributed by atoms with Gasteiger partial charge in [-0.25, -0.2) is 0 Å². The van der Waals surface area contributed by atoms with Crippen molar-refractivity contribution in [1.29, 1.82) is 0 Å². The molecule has 2 aromatic rings. The fourth-order valence-corrected chi connectivity index (χ4v) is 2.45. The minimum absolute atomic E-state index is 0.113. The second-order valence-corrected chi connectivity index (χ2v) is 6.10. The first-order valence-corrected chi connectivity index (χ1v) is 7.94. The van der Waals surface area contributed by atoms with E-state index in [2.05, 4.69) is 21.0 Å². The number of aromatic nitrogens is 2. The van der Waals surface area contributed by atoms with Crippen LogP contribution in [-0.4, -0.2) is 34.2 Å². The standard InChI is InChI=1S/C16H20BrN3O2/c1-19(11-13-10-18-20(2)12-13)16(21)7-4-8-22-15-6-3-5-14(17)9-15/h3,5-6,9-10,12H,4,7-8,11H2,1-2H3. The Morgan fingerprint density at radius 1 is 1.45 bits per heavy atom. The van der Waals surface area contributed by atoms with Crippen LogP contribution in [0.1, 0.15) is 18.4 Å². The fraction of sp³-hybridized carbons (Fsp3) is 0.375. The van der Waals surface area contributed by atoms with Gasteiger partial charge in [0.25, 0.3) is 0 Å². The number of hydrogen-bond donors (Lipinski definition) is 0. The topological polar surface area (TPSA) is 47.4 Å². The van der Waals surface area contributed by atoms with Crippen LogP contribution in [0.5, 0.6) is 5.75 Å². The number of carbonyl (C=O) groups excluding carboxylic acids is 1. The highest BCUT2D eigenvalue weighted by Gasteiger charge is 2.10. The number of hydrogen-bond acceptors (Lipinski definition) is 3. The molecular formula is C16H20BrN3O2. The molecule has 118 valence electrons. The summed E-state index contributed by atoms with van der Waals surface area (Å²) in [4.78, 5) is 13.8. The number of ether oxygens (including phenoxy) is 1. The second kappa shape index (κ2) is 7.98. The molecule has 0 atom stereocenters. The third-order valence-corrected chi connectivity index (χ3v) is 3.70. The van der Waals surface area contributed by atoms with Crippen LogP contribution in [0, 0.1) is 0 Å². The Labute approximate surface area is 139 Å². The van der Waals surface area contributed by atoms with Crippen molar-refractivity contribution in [1.82, 2.24) is 14.7 Å². The molecule has 0 saturated carbocycles. The monoisotopic (exact) mass is 365 g/mol. The largest absolute Gasteiger partial charge is 0.494 e. The van der Waals surface area contributed by atoms with Crippen molar-refractivity contribution in [2.24, 2.45) is 7.05 Å². The van der Waals surface area contributed by atoms with Crippen LogP contribution >= 0.6 is 15.9 Å². The Bertz CT molecular complexity index is 627. The highest BCUT2D eigenvalue weighted by molar-refractivity contribution is 9.10. The molecule has 1 heterocycles. The van der Waals surface area contributed by atoms with E-state index in [0.29, 0.717) is 26.0 Å². The molecule has 1 amide bonds. The number of amides is 1. The minimum Gasteiger partial charge on any atom is -0.494 e. The predicted molar refractivity (Wildman–Crippen MR) is 88.6 cm³/mol. The van der Waals surface area contributed by atoms with E-state index in [-0.39, 0.29) is 5.91 Å². The van der Waals surface area contributed by atoms with Gasteiger partial charge in [-0.15, -0.1) is 0 Å². The second-order valence-electron chi connectivity index (χ2n) is 5.18. The summed E-state index contributed by atoms with van der Waals surface area (Å²) in [6.45, 7) is 1.11. The minimum atomic E-state index is 0.113. The average Bonchev–Trinajstić information content (AvgIpc) is 2.88. The van der Waals surface area contributed by atoms with Gasteiger partial charge in [0.05, 0.1) is 12.8 Å². The van der Waals surface area contributed by atoms with Gasteiger partial charge in [-0.05, 0) is 24.6 Å². The number of rotatable bonds is 7. The molecule has 5 nitrogen and oxygen atoms in total. The Balaban J connectivity index is 1.68. The lowest BCUT2D eigenvalue weighted by molar-refractivity contribution is -0.130. The van der Waals surface area contributed by atoms with E-state index in [0.717, 1.165) is 15.8 Å². The van der Waals surface area contributed by atoms with E-state index in [1.807, 2.05) is 44.6 Å². The number of halogens is 1. The first-order chi connectivity index (χ1) is 10.5. The molecule has 22 heavy (non-hydrogen) atoms. The van der Waals surface area contributed by atoms with E-state index in [4.69, 9.17) is 4.74 Å². The van der Waals surface area contributed by atoms with Crippen molar-refractivity contribution in [2.45, 2.75) is 19.4 Å². The summed E-state index contributed by atoms with van der Waals surface area (Å²) in [5.41, 5.74) is 1.03. The molecule has 1 aromatic carbocycles. The Morgan fingerprint density at radius 2 is 2.27 bits per heavy atom. The summed E-state index contributed by atoms with van der Waals surface area (Å²) in [5, 5.41) is 4.10. The molecule has 0 saturated heterocycles. The normalized spacial score (nSPS) is 10.5. The van der Waals surface area contributed by atoms with Crippen molar-refractivity contribution in [2.75, 3.05) is 13.7 Å². The molecule has 0 bridgehead atoms. The third kappa shape index (κ3) is 5.18. The maximum Gasteiger partial charge on any atom is 0.222 e. The molecule has 0 aliphatic rings. The van der Waals surface area contributed by atoms with Gasteiger partial charge in [-0.2, -0.15) is 5.10 Å². The van der Waals surface area contributed by atoms with Crippen LogP contribution in [-0.2, 0) is 18.4 Å². The van der Waals surface area contributed by atoms with Gasteiger partial charge in [0, 0.05) is 43.3 Å². The van der Waals surface area contributed by atoms with Crippen molar-refractivity contribution in [3.63, 3.8) is 0 Å². The Kier molecular flexibility index (Phi) is 6.00. The third-order valence-electron chi connectivity index (χ3n) is 3.20. The first kappa shape index (κ1) is 16.5. The van der Waals surface area contributed by atoms with E-state index in [9.17, 15) is 4.79 Å². The maximum absolute atomic E-state index is 12.1. The number of benzene rings is 1. The predicted octanol–water partition coefficient (Wildman–Crippen LogP) is 3.00. The smallest absolute Gasteiger partial charge is 0.222 e. The highest BCUT2D eigenvalue weighted by atomic mass is 79.9. The lowest BCUT2D eigenvalue weighted by atomic mass is 10.2. The van der Waals surface area contributed by atoms with Crippen LogP contribution in [0.15, 0.2) is 41.1 Å². The van der Waals surface area contributed by atoms with Crippen molar-refractivity contribution in [3.8, 4) is 5.75 Å². The van der Waals surface area contributed by atoms with Gasteiger partial charge < -0.3 is 9.64 Å². The zero-order valence-corrected chi connectivity index (χ0v) is 14.4. The van der Waals surface area contributed by atoms with Gasteiger partial charge in [-0.3, -0.25) is 9.48 Å². The Morgan fingerprint density at radius 3 is 2.95 bits per heavy atom. The van der Waals surface area contributed by atoms with Crippen LogP contribution in [0.2, 0.25) is 0 Å². The highest BCUT2D eigenvalue weighted by Crippen LogP contribution is 2.18. The molecule has 0 aliphatic carbocycles. The Hall–Kier alpha value is -1.82. The zero-order chi connectivity index (χ0) is 15.9. The van der Waals surface area contributed by atoms with Crippen LogP contribution in [0.4, 0.5) is 0 Å². The van der Waals surface area contributed by atoms with Gasteiger partial charge in [-0.1, -0.05) is 22.0 Å². The lowest BCUT2D eigenvalue weighted by Crippen LogP contribution is -2.26. The zero-order valence-electron chi connectivity index (χ0n) is 12.8. The van der Waals surface area contributed by atoms with Crippen molar-refractivity contribution >= 4 is 21.8 Å². The maximum atomic E-state index is 12.1. The summed E-state index contributed by atoms with van der Waals surface area (Å²) in [6, 6.07) is 7.69. The summed E-state index contributed by atoms with van der Waals surface area (Å²) in [6.07, 6.45) is 4.87. The first-order valence-electron chi connectivity index (χ1n) is 7.14. The molecule has 0 radical (unpaired) electrons. The molecule has 1 aromatic heterocycles. The van der Waals surface area contributed by atoms with Crippen molar-refractivity contribution in [3.05, 3.63) is 46.7 Å². The fourth-order valence-electron chi connectivity index (χ4n) is 2.08. The summed E-state index contributed by atoms with van der Waals surface area (Å²) in [7, 11) is 3.68. The number of aryl methyl sites for hydroxylation is 1. The van der Waals surface area contributed by atoms with E-state index >= 15 is 0 Å². The average molecular weight is 366 g/mol. The molecule has 2 rings (SSSR count). The molecule has 0 unspecified atom stereocenters. The summed E-state index contributed by atoms with van der Waals surface area (Å²) < 4.78 is 8.34. The van der Waals surface area contributed by atoms with Gasteiger partial charge >= 0.3 is 0 Å². The number of carbonyl (C=O) groups is 1. The molecule has 0 spiro atoms. The van der Waals surface area contributed by atoms with Gasteiger partial charge in [0.2, 0.25) is 5.91 Å². The SMILES string of the molecule is CN(Cc1cnn(C)c1)C(=O)CCCOc1cccc(Br)c1. The molecular weight excluding hydrogens is 346 g/mol. The molecule has 0 aliphatic heterocycles. The lowest BCUT2D eigenvalue weighted by Gasteiger charge is -2.16. The molecule has 0 N–H and O–H groups in total. The van der Waals surface area contributed by atoms with Gasteiger partial charge in [0.15, 0.2) is 0 Å². The summed E-state index contributed by atoms with van der Waals surface area (Å²) in [5.74, 6) is 0.923. The van der Waals surface area contributed by atoms with Gasteiger partial charge in [0.1, 0.15) is 5.75 Å². The van der Waals surface area contributed by atoms with Crippen LogP contribution in [0.3, 0.4) is 0 Å². The molecule has 0 fully saturated rings. The van der Waals surface area contributed by atoms with E-state index in [1.165, 1.54) is 0 Å². The van der Waals surface area contributed by atoms with Crippen LogP contribution in [0.25, 0.3) is 0 Å². The van der Waals surface area contributed by atoms with E-state index < -0.39 is 0 Å². The quantitative estimate of drug-likeness (QED) is 0.708. The number of nitrogens with zero attached hydrogens (tertiary/aromatic N) is 3. The van der Waals surface area contributed by atoms with E-state index in [1.54, 1.807) is 15.8 Å². The van der Waals surface area contributed by atoms with Crippen LogP contribution < -0.4 is 4.74 Å². The molecule has 6 heteroatoms. The summed E-state index contributed by atoms with van der Waals surface area (Å²) >= 11 is 3.40.